The van der Waals surface area contributed by atoms with E-state index >= 15 is 0 Å². The van der Waals surface area contributed by atoms with E-state index in [2.05, 4.69) is 15.0 Å². The van der Waals surface area contributed by atoms with Gasteiger partial charge in [0, 0.05) is 12.4 Å². The van der Waals surface area contributed by atoms with Crippen LogP contribution < -0.4 is 0 Å². The Kier molecular flexibility index (Phi) is 6.11. The molecule has 0 spiro atoms. The van der Waals surface area contributed by atoms with Crippen molar-refractivity contribution in [1.82, 2.24) is 15.0 Å². The largest absolute Gasteiger partial charge is 0.465 e. The van der Waals surface area contributed by atoms with Crippen LogP contribution in [-0.2, 0) is 14.2 Å². The Bertz CT molecular complexity index is 1050. The summed E-state index contributed by atoms with van der Waals surface area (Å²) in [5.74, 6) is -1.65. The van der Waals surface area contributed by atoms with Gasteiger partial charge in [-0.15, -0.1) is 0 Å². The normalized spacial score (nSPS) is 10.2. The van der Waals surface area contributed by atoms with Crippen molar-refractivity contribution in [2.24, 2.45) is 0 Å². The highest BCUT2D eigenvalue weighted by molar-refractivity contribution is 5.94. The minimum atomic E-state index is -0.590. The Morgan fingerprint density at radius 3 is 1.37 bits per heavy atom. The number of hydrogen-bond acceptors (Lipinski definition) is 9. The summed E-state index contributed by atoms with van der Waals surface area (Å²) in [6.45, 7) is 0. The van der Waals surface area contributed by atoms with Crippen molar-refractivity contribution in [3.8, 4) is 22.8 Å². The predicted octanol–water partition coefficient (Wildman–Crippen LogP) is 2.57. The molecule has 0 saturated carbocycles. The predicted molar refractivity (Wildman–Crippen MR) is 105 cm³/mol. The molecule has 0 unspecified atom stereocenters. The molecule has 0 aliphatic rings. The van der Waals surface area contributed by atoms with Crippen molar-refractivity contribution >= 4 is 17.9 Å². The first kappa shape index (κ1) is 20.6. The third kappa shape index (κ3) is 4.30. The number of esters is 3. The minimum absolute atomic E-state index is 0.202. The van der Waals surface area contributed by atoms with Gasteiger partial charge in [0.1, 0.15) is 0 Å². The highest BCUT2D eigenvalue weighted by Crippen LogP contribution is 2.24. The molecule has 0 N–H and O–H groups in total. The molecule has 3 aromatic heterocycles. The van der Waals surface area contributed by atoms with Crippen LogP contribution in [0.2, 0.25) is 0 Å². The summed E-state index contributed by atoms with van der Waals surface area (Å²) in [7, 11) is 3.81. The fourth-order valence-corrected chi connectivity index (χ4v) is 2.66. The number of hydrogen-bond donors (Lipinski definition) is 0. The van der Waals surface area contributed by atoms with Crippen molar-refractivity contribution in [2.45, 2.75) is 0 Å². The molecule has 152 valence electrons. The molecule has 3 rings (SSSR count). The van der Waals surface area contributed by atoms with E-state index in [-0.39, 0.29) is 16.7 Å². The Morgan fingerprint density at radius 1 is 0.600 bits per heavy atom. The van der Waals surface area contributed by atoms with Gasteiger partial charge >= 0.3 is 17.9 Å². The van der Waals surface area contributed by atoms with Crippen molar-refractivity contribution in [1.29, 1.82) is 0 Å². The first-order valence-electron chi connectivity index (χ1n) is 8.66. The summed E-state index contributed by atoms with van der Waals surface area (Å²) in [6, 6.07) is 8.98. The van der Waals surface area contributed by atoms with Gasteiger partial charge < -0.3 is 14.2 Å². The molecule has 30 heavy (non-hydrogen) atoms. The van der Waals surface area contributed by atoms with Gasteiger partial charge in [-0.1, -0.05) is 0 Å². The van der Waals surface area contributed by atoms with Crippen LogP contribution in [0.1, 0.15) is 31.1 Å². The number of ether oxygens (including phenoxy) is 3. The van der Waals surface area contributed by atoms with E-state index in [0.717, 1.165) is 0 Å². The average molecular weight is 407 g/mol. The second kappa shape index (κ2) is 8.91. The van der Waals surface area contributed by atoms with Crippen molar-refractivity contribution in [2.75, 3.05) is 21.3 Å². The van der Waals surface area contributed by atoms with Crippen molar-refractivity contribution < 1.29 is 28.6 Å². The van der Waals surface area contributed by atoms with Gasteiger partial charge in [-0.05, 0) is 36.4 Å². The molecule has 0 bridgehead atoms. The molecule has 0 aromatic carbocycles. The van der Waals surface area contributed by atoms with Gasteiger partial charge in [0.25, 0.3) is 0 Å². The fourth-order valence-electron chi connectivity index (χ4n) is 2.66. The van der Waals surface area contributed by atoms with Crippen LogP contribution in [0.25, 0.3) is 22.8 Å². The van der Waals surface area contributed by atoms with Crippen LogP contribution in [0.3, 0.4) is 0 Å². The second-order valence-corrected chi connectivity index (χ2v) is 5.96. The summed E-state index contributed by atoms with van der Waals surface area (Å²) in [4.78, 5) is 48.8. The van der Waals surface area contributed by atoms with Crippen LogP contribution in [0.15, 0.2) is 48.8 Å². The van der Waals surface area contributed by atoms with Gasteiger partial charge in [0.15, 0.2) is 0 Å². The molecule has 0 fully saturated rings. The van der Waals surface area contributed by atoms with E-state index in [1.807, 2.05) is 0 Å². The van der Waals surface area contributed by atoms with Crippen molar-refractivity contribution in [3.63, 3.8) is 0 Å². The monoisotopic (exact) mass is 407 g/mol. The van der Waals surface area contributed by atoms with E-state index in [1.165, 1.54) is 70.1 Å². The zero-order valence-corrected chi connectivity index (χ0v) is 16.4. The first-order chi connectivity index (χ1) is 14.5. The molecule has 0 saturated heterocycles. The molecule has 0 radical (unpaired) electrons. The quantitative estimate of drug-likeness (QED) is 0.464. The number of carbonyl (C=O) groups excluding carboxylic acids is 3. The average Bonchev–Trinajstić information content (AvgIpc) is 2.82. The molecule has 9 heteroatoms. The Hall–Kier alpha value is -4.14. The van der Waals surface area contributed by atoms with E-state index in [1.54, 1.807) is 0 Å². The van der Waals surface area contributed by atoms with Gasteiger partial charge in [-0.3, -0.25) is 9.97 Å². The lowest BCUT2D eigenvalue weighted by atomic mass is 10.1. The summed E-state index contributed by atoms with van der Waals surface area (Å²) >= 11 is 0. The van der Waals surface area contributed by atoms with Crippen LogP contribution in [0.5, 0.6) is 0 Å². The second-order valence-electron chi connectivity index (χ2n) is 5.96. The SMILES string of the molecule is COC(=O)c1ccnc(-c2cc(C(=O)OC)cc(-c3cc(C(=O)OC)ccn3)n2)c1. The maximum Gasteiger partial charge on any atom is 0.338 e. The lowest BCUT2D eigenvalue weighted by Gasteiger charge is -2.09. The molecule has 9 nitrogen and oxygen atoms in total. The number of nitrogens with zero attached hydrogens (tertiary/aromatic N) is 3. The number of aromatic nitrogens is 3. The summed E-state index contributed by atoms with van der Waals surface area (Å²) in [5.41, 5.74) is 2.06. The third-order valence-electron chi connectivity index (χ3n) is 4.13. The smallest absolute Gasteiger partial charge is 0.338 e. The van der Waals surface area contributed by atoms with Gasteiger partial charge in [0.05, 0.1) is 60.8 Å². The van der Waals surface area contributed by atoms with Crippen LogP contribution in [0, 0.1) is 0 Å². The molecule has 0 aliphatic heterocycles. The molecule has 3 heterocycles. The maximum atomic E-state index is 12.2. The lowest BCUT2D eigenvalue weighted by Crippen LogP contribution is -2.06. The highest BCUT2D eigenvalue weighted by Gasteiger charge is 2.16. The number of carbonyl (C=O) groups is 3. The van der Waals surface area contributed by atoms with Crippen LogP contribution in [-0.4, -0.2) is 54.2 Å². The molecular formula is C21H17N3O6. The van der Waals surface area contributed by atoms with E-state index in [4.69, 9.17) is 14.2 Å². The fraction of sp³-hybridized carbons (Fsp3) is 0.143. The minimum Gasteiger partial charge on any atom is -0.465 e. The summed E-state index contributed by atoms with van der Waals surface area (Å²) < 4.78 is 14.3. The van der Waals surface area contributed by atoms with Crippen molar-refractivity contribution in [3.05, 3.63) is 65.5 Å². The lowest BCUT2D eigenvalue weighted by molar-refractivity contribution is 0.0591. The Morgan fingerprint density at radius 2 is 0.967 bits per heavy atom. The molecule has 0 amide bonds. The zero-order valence-electron chi connectivity index (χ0n) is 16.4. The Labute approximate surface area is 171 Å². The Balaban J connectivity index is 2.16. The number of pyridine rings is 3. The molecule has 0 aliphatic carbocycles. The molecule has 3 aromatic rings. The van der Waals surface area contributed by atoms with Gasteiger partial charge in [-0.2, -0.15) is 0 Å². The van der Waals surface area contributed by atoms with Crippen LogP contribution >= 0.6 is 0 Å². The molecular weight excluding hydrogens is 390 g/mol. The van der Waals surface area contributed by atoms with E-state index in [0.29, 0.717) is 22.8 Å². The summed E-state index contributed by atoms with van der Waals surface area (Å²) in [5, 5.41) is 0. The number of rotatable bonds is 5. The van der Waals surface area contributed by atoms with E-state index < -0.39 is 17.9 Å². The maximum absolute atomic E-state index is 12.2. The standard InChI is InChI=1S/C21H17N3O6/c1-28-19(25)12-4-6-22-15(8-12)17-10-14(21(27)30-3)11-18(24-17)16-9-13(5-7-23-16)20(26)29-2/h4-11H,1-3H3. The topological polar surface area (TPSA) is 118 Å². The molecule has 0 atom stereocenters. The summed E-state index contributed by atoms with van der Waals surface area (Å²) in [6.07, 6.45) is 2.87. The van der Waals surface area contributed by atoms with Crippen LogP contribution in [0.4, 0.5) is 0 Å². The zero-order chi connectivity index (χ0) is 21.7. The van der Waals surface area contributed by atoms with Gasteiger partial charge in [0.2, 0.25) is 0 Å². The number of methoxy groups -OCH3 is 3. The highest BCUT2D eigenvalue weighted by atomic mass is 16.5. The first-order valence-corrected chi connectivity index (χ1v) is 8.66. The van der Waals surface area contributed by atoms with Gasteiger partial charge in [-0.25, -0.2) is 19.4 Å². The van der Waals surface area contributed by atoms with E-state index in [9.17, 15) is 14.4 Å². The third-order valence-corrected chi connectivity index (χ3v) is 4.13.